The number of likely N-dealkylation sites (tertiary alicyclic amines) is 1. The van der Waals surface area contributed by atoms with E-state index in [1.807, 2.05) is 0 Å². The normalized spacial score (nSPS) is 15.4. The lowest BCUT2D eigenvalue weighted by Crippen LogP contribution is -2.41. The number of carboxylic acid groups (broad SMARTS) is 1. The van der Waals surface area contributed by atoms with E-state index in [9.17, 15) is 23.1 Å². The number of hydrogen-bond donors (Lipinski definition) is 4. The minimum Gasteiger partial charge on any atom is -0.489 e. The van der Waals surface area contributed by atoms with Crippen LogP contribution in [0.5, 0.6) is 5.75 Å². The van der Waals surface area contributed by atoms with Crippen LogP contribution in [0.25, 0.3) is 6.08 Å². The van der Waals surface area contributed by atoms with E-state index in [-0.39, 0.29) is 53.8 Å². The van der Waals surface area contributed by atoms with Gasteiger partial charge >= 0.3 is 5.97 Å². The number of nitrogens with zero attached hydrogens (tertiary/aromatic N) is 3. The number of nitrogen functional groups attached to an aromatic ring is 1. The SMILES string of the molecule is Cl.Cl.N=C(N)c1cccc(/C=C(\F)CN(c2ccc(OC3CCN(C4=NCCC4)CC3)c(C(N)=O)c2)S(=O)(=O)CC(=O)O)c1. The topological polar surface area (TPSA) is 192 Å². The number of halogens is 3. The molecule has 2 aliphatic heterocycles. The fourth-order valence-electron chi connectivity index (χ4n) is 4.91. The predicted octanol–water partition coefficient (Wildman–Crippen LogP) is 3.18. The lowest BCUT2D eigenvalue weighted by Gasteiger charge is -2.34. The van der Waals surface area contributed by atoms with Crippen molar-refractivity contribution in [2.75, 3.05) is 36.2 Å². The van der Waals surface area contributed by atoms with E-state index in [4.69, 9.17) is 21.6 Å². The molecule has 1 fully saturated rings. The highest BCUT2D eigenvalue weighted by Crippen LogP contribution is 2.30. The Morgan fingerprint density at radius 2 is 1.86 bits per heavy atom. The number of aliphatic imine (C=N–C) groups is 1. The molecule has 0 atom stereocenters. The fraction of sp³-hybridized carbons (Fsp3) is 0.357. The van der Waals surface area contributed by atoms with Gasteiger partial charge in [0.25, 0.3) is 5.91 Å². The summed E-state index contributed by atoms with van der Waals surface area (Å²) in [6.07, 6.45) is 4.20. The number of amidine groups is 2. The Morgan fingerprint density at radius 3 is 2.45 bits per heavy atom. The molecule has 0 aromatic heterocycles. The third-order valence-corrected chi connectivity index (χ3v) is 8.55. The summed E-state index contributed by atoms with van der Waals surface area (Å²) in [7, 11) is -4.59. The van der Waals surface area contributed by atoms with E-state index in [2.05, 4.69) is 9.89 Å². The molecular weight excluding hydrogens is 638 g/mol. The first kappa shape index (κ1) is 36.3. The van der Waals surface area contributed by atoms with E-state index in [0.717, 1.165) is 50.5 Å². The Kier molecular flexibility index (Phi) is 13.0. The van der Waals surface area contributed by atoms with E-state index < -0.39 is 40.0 Å². The maximum absolute atomic E-state index is 15.2. The zero-order chi connectivity index (χ0) is 30.4. The van der Waals surface area contributed by atoms with E-state index >= 15 is 4.39 Å². The first-order valence-electron chi connectivity index (χ1n) is 13.3. The maximum Gasteiger partial charge on any atom is 0.320 e. The molecule has 0 spiro atoms. The average Bonchev–Trinajstić information content (AvgIpc) is 3.47. The predicted molar refractivity (Wildman–Crippen MR) is 172 cm³/mol. The molecule has 16 heteroatoms. The average molecular weight is 674 g/mol. The Hall–Kier alpha value is -3.88. The molecule has 0 radical (unpaired) electrons. The van der Waals surface area contributed by atoms with Gasteiger partial charge in [0.1, 0.15) is 23.5 Å². The highest BCUT2D eigenvalue weighted by Gasteiger charge is 2.29. The van der Waals surface area contributed by atoms with Crippen LogP contribution in [-0.4, -0.2) is 80.0 Å². The third-order valence-electron chi connectivity index (χ3n) is 6.93. The second-order valence-electron chi connectivity index (χ2n) is 10.0. The molecule has 1 amide bonds. The van der Waals surface area contributed by atoms with E-state index in [1.54, 1.807) is 12.1 Å². The molecule has 2 aromatic carbocycles. The number of amides is 1. The molecular formula is C28H35Cl2FN6O6S. The molecule has 0 aliphatic carbocycles. The molecule has 2 aromatic rings. The molecule has 2 heterocycles. The summed E-state index contributed by atoms with van der Waals surface area (Å²) < 4.78 is 48.0. The zero-order valence-corrected chi connectivity index (χ0v) is 26.1. The van der Waals surface area contributed by atoms with Gasteiger partial charge < -0.3 is 26.2 Å². The van der Waals surface area contributed by atoms with Gasteiger partial charge in [-0.15, -0.1) is 24.8 Å². The van der Waals surface area contributed by atoms with Crippen LogP contribution >= 0.6 is 24.8 Å². The number of piperidine rings is 1. The lowest BCUT2D eigenvalue weighted by molar-refractivity contribution is -0.134. The molecule has 2 aliphatic rings. The van der Waals surface area contributed by atoms with Crippen LogP contribution in [-0.2, 0) is 14.8 Å². The number of carbonyl (C=O) groups is 2. The summed E-state index contributed by atoms with van der Waals surface area (Å²) in [5, 5.41) is 16.8. The van der Waals surface area contributed by atoms with Crippen LogP contribution in [0.4, 0.5) is 10.1 Å². The van der Waals surface area contributed by atoms with Gasteiger partial charge in [-0.2, -0.15) is 0 Å². The van der Waals surface area contributed by atoms with Gasteiger partial charge in [0, 0.05) is 44.5 Å². The number of nitrogens with one attached hydrogen (secondary N) is 1. The third kappa shape index (κ3) is 9.31. The standard InChI is InChI=1S/C28H33FN6O6S.2ClH/c29-20(14-18-3-1-4-19(13-18)27(30)31)16-35(42(39,40)17-26(36)37)21-6-7-24(23(15-21)28(32)38)41-22-8-11-34(12-9-22)25-5-2-10-33-25;;/h1,3-4,6-7,13-15,22H,2,5,8-12,16-17H2,(H3,30,31)(H2,32,38)(H,36,37);2*1H/b20-14-;;. The number of benzene rings is 2. The van der Waals surface area contributed by atoms with Gasteiger partial charge in [0.2, 0.25) is 10.0 Å². The summed E-state index contributed by atoms with van der Waals surface area (Å²) in [6.45, 7) is 1.47. The molecule has 44 heavy (non-hydrogen) atoms. The van der Waals surface area contributed by atoms with Crippen molar-refractivity contribution in [3.05, 3.63) is 65.0 Å². The molecule has 12 nitrogen and oxygen atoms in total. The second kappa shape index (κ2) is 15.7. The van der Waals surface area contributed by atoms with Gasteiger partial charge in [-0.3, -0.25) is 24.3 Å². The fourth-order valence-corrected chi connectivity index (χ4v) is 6.13. The maximum atomic E-state index is 15.2. The Balaban J connectivity index is 0.00000337. The highest BCUT2D eigenvalue weighted by atomic mass is 35.5. The van der Waals surface area contributed by atoms with Crippen LogP contribution in [0.2, 0.25) is 0 Å². The van der Waals surface area contributed by atoms with Gasteiger partial charge in [-0.1, -0.05) is 18.2 Å². The van der Waals surface area contributed by atoms with Gasteiger partial charge in [-0.05, 0) is 42.3 Å². The van der Waals surface area contributed by atoms with Crippen molar-refractivity contribution < 1.29 is 32.2 Å². The Bertz CT molecular complexity index is 1550. The summed E-state index contributed by atoms with van der Waals surface area (Å²) >= 11 is 0. The monoisotopic (exact) mass is 672 g/mol. The smallest absolute Gasteiger partial charge is 0.320 e. The number of primary amides is 1. The molecule has 0 saturated carbocycles. The summed E-state index contributed by atoms with van der Waals surface area (Å²) in [6, 6.07) is 9.94. The second-order valence-corrected chi connectivity index (χ2v) is 11.9. The zero-order valence-electron chi connectivity index (χ0n) is 23.6. The number of hydrogen-bond acceptors (Lipinski definition) is 8. The first-order chi connectivity index (χ1) is 19.9. The quantitative estimate of drug-likeness (QED) is 0.206. The number of ether oxygens (including phenoxy) is 1. The van der Waals surface area contributed by atoms with Crippen molar-refractivity contribution in [1.82, 2.24) is 4.90 Å². The molecule has 1 saturated heterocycles. The number of anilines is 1. The van der Waals surface area contributed by atoms with Crippen molar-refractivity contribution in [3.63, 3.8) is 0 Å². The molecule has 240 valence electrons. The van der Waals surface area contributed by atoms with Gasteiger partial charge in [0.05, 0.1) is 23.6 Å². The number of carboxylic acids is 1. The van der Waals surface area contributed by atoms with Gasteiger partial charge in [-0.25, -0.2) is 12.8 Å². The van der Waals surface area contributed by atoms with Gasteiger partial charge in [0.15, 0.2) is 5.75 Å². The number of sulfonamides is 1. The number of carbonyl (C=O) groups excluding carboxylic acids is 1. The van der Waals surface area contributed by atoms with Crippen LogP contribution in [0.1, 0.15) is 47.2 Å². The van der Waals surface area contributed by atoms with Crippen molar-refractivity contribution in [2.24, 2.45) is 16.5 Å². The van der Waals surface area contributed by atoms with E-state index in [0.29, 0.717) is 28.3 Å². The Labute approximate surface area is 267 Å². The van der Waals surface area contributed by atoms with Crippen LogP contribution in [0.3, 0.4) is 0 Å². The summed E-state index contributed by atoms with van der Waals surface area (Å²) in [4.78, 5) is 30.5. The highest BCUT2D eigenvalue weighted by molar-refractivity contribution is 7.93. The molecule has 4 rings (SSSR count). The summed E-state index contributed by atoms with van der Waals surface area (Å²) in [5.74, 6) is -3.74. The largest absolute Gasteiger partial charge is 0.489 e. The van der Waals surface area contributed by atoms with Crippen molar-refractivity contribution in [1.29, 1.82) is 5.41 Å². The van der Waals surface area contributed by atoms with Crippen LogP contribution in [0, 0.1) is 5.41 Å². The van der Waals surface area contributed by atoms with Crippen molar-refractivity contribution >= 4 is 70.1 Å². The number of nitrogens with two attached hydrogens (primary N) is 2. The molecule has 0 bridgehead atoms. The minimum absolute atomic E-state index is 0. The van der Waals surface area contributed by atoms with Crippen LogP contribution in [0.15, 0.2) is 53.3 Å². The Morgan fingerprint density at radius 1 is 1.16 bits per heavy atom. The number of aliphatic carboxylic acids is 1. The van der Waals surface area contributed by atoms with Crippen molar-refractivity contribution in [2.45, 2.75) is 31.8 Å². The van der Waals surface area contributed by atoms with Crippen molar-refractivity contribution in [3.8, 4) is 5.75 Å². The van der Waals surface area contributed by atoms with E-state index in [1.165, 1.54) is 24.3 Å². The summed E-state index contributed by atoms with van der Waals surface area (Å²) in [5.41, 5.74) is 11.5. The molecule has 6 N–H and O–H groups in total. The molecule has 0 unspecified atom stereocenters. The number of rotatable bonds is 11. The first-order valence-corrected chi connectivity index (χ1v) is 15.0. The van der Waals surface area contributed by atoms with Crippen LogP contribution < -0.4 is 20.5 Å². The minimum atomic E-state index is -4.59. The lowest BCUT2D eigenvalue weighted by atomic mass is 10.1.